The summed E-state index contributed by atoms with van der Waals surface area (Å²) in [6.07, 6.45) is 0.892. The number of hydrogen-bond donors (Lipinski definition) is 0. The summed E-state index contributed by atoms with van der Waals surface area (Å²) in [5.41, 5.74) is 5.28. The molecule has 0 N–H and O–H groups in total. The van der Waals surface area contributed by atoms with Gasteiger partial charge in [-0.05, 0) is 52.4 Å². The number of carbonyl (C=O) groups is 1. The summed E-state index contributed by atoms with van der Waals surface area (Å²) in [4.78, 5) is 15.8. The number of benzene rings is 2. The standard InChI is InChI=1S/C25H25NO2S/c1-2-28-25(27)23-21-14-18-10-6-7-11-20(18)24(22(23)19-12-13-29-16-19)26(21)15-17-8-4-3-5-9-17/h3-13,16,21-24H,2,14-15H2,1H3. The summed E-state index contributed by atoms with van der Waals surface area (Å²) in [5.74, 6) is -0.0783. The van der Waals surface area contributed by atoms with Crippen LogP contribution >= 0.6 is 11.3 Å². The molecule has 0 aliphatic carbocycles. The molecule has 5 rings (SSSR count). The van der Waals surface area contributed by atoms with E-state index in [0.717, 1.165) is 13.0 Å². The van der Waals surface area contributed by atoms with Crippen molar-refractivity contribution in [3.63, 3.8) is 0 Å². The Morgan fingerprint density at radius 2 is 1.90 bits per heavy atom. The van der Waals surface area contributed by atoms with Crippen LogP contribution in [-0.2, 0) is 22.5 Å². The van der Waals surface area contributed by atoms with Gasteiger partial charge in [0.2, 0.25) is 0 Å². The molecule has 2 bridgehead atoms. The van der Waals surface area contributed by atoms with Crippen LogP contribution in [0.25, 0.3) is 0 Å². The van der Waals surface area contributed by atoms with Crippen LogP contribution in [0.5, 0.6) is 0 Å². The summed E-state index contributed by atoms with van der Waals surface area (Å²) in [6.45, 7) is 3.17. The third-order valence-electron chi connectivity index (χ3n) is 6.42. The zero-order chi connectivity index (χ0) is 19.8. The maximum Gasteiger partial charge on any atom is 0.311 e. The Bertz CT molecular complexity index is 985. The Morgan fingerprint density at radius 3 is 2.66 bits per heavy atom. The second kappa shape index (κ2) is 7.77. The molecule has 148 valence electrons. The Hall–Kier alpha value is -2.43. The van der Waals surface area contributed by atoms with Gasteiger partial charge in [-0.2, -0.15) is 11.3 Å². The van der Waals surface area contributed by atoms with Crippen molar-refractivity contribution in [3.05, 3.63) is 93.7 Å². The lowest BCUT2D eigenvalue weighted by Gasteiger charge is -2.37. The molecule has 1 aromatic heterocycles. The van der Waals surface area contributed by atoms with Gasteiger partial charge in [0.15, 0.2) is 0 Å². The van der Waals surface area contributed by atoms with Crippen LogP contribution in [-0.4, -0.2) is 23.5 Å². The lowest BCUT2D eigenvalue weighted by atomic mass is 9.82. The molecule has 0 spiro atoms. The summed E-state index contributed by atoms with van der Waals surface area (Å²) in [5, 5.41) is 4.33. The molecular formula is C25H25NO2S. The van der Waals surface area contributed by atoms with E-state index in [1.807, 2.05) is 6.92 Å². The minimum absolute atomic E-state index is 0.0536. The van der Waals surface area contributed by atoms with Gasteiger partial charge < -0.3 is 4.74 Å². The van der Waals surface area contributed by atoms with Crippen LogP contribution in [0.4, 0.5) is 0 Å². The first-order chi connectivity index (χ1) is 14.3. The fourth-order valence-electron chi connectivity index (χ4n) is 5.31. The van der Waals surface area contributed by atoms with Crippen LogP contribution in [0.1, 0.15) is 41.1 Å². The topological polar surface area (TPSA) is 29.5 Å². The van der Waals surface area contributed by atoms with E-state index >= 15 is 0 Å². The summed E-state index contributed by atoms with van der Waals surface area (Å²) in [7, 11) is 0. The smallest absolute Gasteiger partial charge is 0.311 e. The minimum atomic E-state index is -0.148. The molecule has 2 aromatic carbocycles. The number of esters is 1. The van der Waals surface area contributed by atoms with Crippen molar-refractivity contribution in [1.82, 2.24) is 4.90 Å². The van der Waals surface area contributed by atoms with E-state index in [1.165, 1.54) is 22.3 Å². The summed E-state index contributed by atoms with van der Waals surface area (Å²) >= 11 is 1.70. The van der Waals surface area contributed by atoms with Gasteiger partial charge in [0.05, 0.1) is 12.5 Å². The molecule has 3 nitrogen and oxygen atoms in total. The maximum absolute atomic E-state index is 13.2. The van der Waals surface area contributed by atoms with Gasteiger partial charge in [0, 0.05) is 24.5 Å². The molecule has 2 aliphatic rings. The lowest BCUT2D eigenvalue weighted by molar-refractivity contribution is -0.149. The summed E-state index contributed by atoms with van der Waals surface area (Å²) in [6, 6.07) is 21.8. The van der Waals surface area contributed by atoms with Crippen molar-refractivity contribution >= 4 is 17.3 Å². The van der Waals surface area contributed by atoms with Crippen molar-refractivity contribution in [1.29, 1.82) is 0 Å². The van der Waals surface area contributed by atoms with Gasteiger partial charge in [-0.25, -0.2) is 0 Å². The number of carbonyl (C=O) groups excluding carboxylic acids is 1. The molecule has 3 heterocycles. The first-order valence-corrected chi connectivity index (χ1v) is 11.3. The van der Waals surface area contributed by atoms with Crippen LogP contribution in [0.2, 0.25) is 0 Å². The van der Waals surface area contributed by atoms with E-state index in [4.69, 9.17) is 4.74 Å². The highest BCUT2D eigenvalue weighted by atomic mass is 32.1. The third-order valence-corrected chi connectivity index (χ3v) is 7.12. The number of rotatable bonds is 5. The number of ether oxygens (including phenoxy) is 1. The zero-order valence-electron chi connectivity index (χ0n) is 16.5. The van der Waals surface area contributed by atoms with Crippen molar-refractivity contribution < 1.29 is 9.53 Å². The Balaban J connectivity index is 1.63. The van der Waals surface area contributed by atoms with Crippen LogP contribution in [0, 0.1) is 5.92 Å². The average molecular weight is 404 g/mol. The van der Waals surface area contributed by atoms with Crippen LogP contribution in [0.3, 0.4) is 0 Å². The Morgan fingerprint density at radius 1 is 1.10 bits per heavy atom. The molecule has 2 aliphatic heterocycles. The van der Waals surface area contributed by atoms with Crippen molar-refractivity contribution in [2.45, 2.75) is 37.9 Å². The minimum Gasteiger partial charge on any atom is -0.466 e. The quantitative estimate of drug-likeness (QED) is 0.549. The number of fused-ring (bicyclic) bond motifs is 4. The van der Waals surface area contributed by atoms with Gasteiger partial charge in [-0.15, -0.1) is 0 Å². The fraction of sp³-hybridized carbons (Fsp3) is 0.320. The van der Waals surface area contributed by atoms with Crippen LogP contribution in [0.15, 0.2) is 71.4 Å². The fourth-order valence-corrected chi connectivity index (χ4v) is 6.02. The highest BCUT2D eigenvalue weighted by Gasteiger charge is 2.56. The number of thiophene rings is 1. The van der Waals surface area contributed by atoms with Crippen molar-refractivity contribution in [2.24, 2.45) is 5.92 Å². The number of hydrogen-bond acceptors (Lipinski definition) is 4. The predicted molar refractivity (Wildman–Crippen MR) is 116 cm³/mol. The van der Waals surface area contributed by atoms with Crippen LogP contribution < -0.4 is 0 Å². The molecule has 4 atom stereocenters. The number of nitrogens with zero attached hydrogens (tertiary/aromatic N) is 1. The average Bonchev–Trinajstić information content (AvgIpc) is 3.33. The second-order valence-corrected chi connectivity index (χ2v) is 8.71. The van der Waals surface area contributed by atoms with E-state index in [0.29, 0.717) is 6.61 Å². The van der Waals surface area contributed by atoms with Crippen molar-refractivity contribution in [3.8, 4) is 0 Å². The molecule has 3 aromatic rings. The first-order valence-electron chi connectivity index (χ1n) is 10.3. The van der Waals surface area contributed by atoms with E-state index in [2.05, 4.69) is 76.3 Å². The van der Waals surface area contributed by atoms with Gasteiger partial charge in [-0.3, -0.25) is 9.69 Å². The highest BCUT2D eigenvalue weighted by Crippen LogP contribution is 2.56. The molecule has 0 amide bonds. The van der Waals surface area contributed by atoms with Gasteiger partial charge in [-0.1, -0.05) is 54.6 Å². The molecule has 4 unspecified atom stereocenters. The van der Waals surface area contributed by atoms with E-state index in [1.54, 1.807) is 11.3 Å². The highest BCUT2D eigenvalue weighted by molar-refractivity contribution is 7.08. The molecule has 0 saturated carbocycles. The largest absolute Gasteiger partial charge is 0.466 e. The predicted octanol–water partition coefficient (Wildman–Crippen LogP) is 5.19. The normalized spacial score (nSPS) is 25.6. The monoisotopic (exact) mass is 403 g/mol. The van der Waals surface area contributed by atoms with Gasteiger partial charge in [0.25, 0.3) is 0 Å². The van der Waals surface area contributed by atoms with E-state index < -0.39 is 0 Å². The molecule has 0 radical (unpaired) electrons. The maximum atomic E-state index is 13.2. The third kappa shape index (κ3) is 3.21. The van der Waals surface area contributed by atoms with Crippen molar-refractivity contribution in [2.75, 3.05) is 6.61 Å². The molecule has 4 heteroatoms. The zero-order valence-corrected chi connectivity index (χ0v) is 17.3. The molecule has 1 fully saturated rings. The SMILES string of the molecule is CCOC(=O)C1C(c2ccsc2)C2c3ccccc3CC1N2Cc1ccccc1. The van der Waals surface area contributed by atoms with E-state index in [-0.39, 0.29) is 29.9 Å². The molecule has 29 heavy (non-hydrogen) atoms. The van der Waals surface area contributed by atoms with Gasteiger partial charge in [0.1, 0.15) is 0 Å². The molecule has 1 saturated heterocycles. The Kier molecular flexibility index (Phi) is 4.98. The molecular weight excluding hydrogens is 378 g/mol. The Labute approximate surface area is 175 Å². The van der Waals surface area contributed by atoms with E-state index in [9.17, 15) is 4.79 Å². The lowest BCUT2D eigenvalue weighted by Crippen LogP contribution is -2.41. The van der Waals surface area contributed by atoms with Gasteiger partial charge >= 0.3 is 5.97 Å². The first kappa shape index (κ1) is 18.6. The second-order valence-electron chi connectivity index (χ2n) is 7.93. The summed E-state index contributed by atoms with van der Waals surface area (Å²) < 4.78 is 5.60.